The van der Waals surface area contributed by atoms with Gasteiger partial charge in [-0.1, -0.05) is 71.2 Å². The van der Waals surface area contributed by atoms with Gasteiger partial charge in [0, 0.05) is 5.69 Å². The molecule has 1 amide bonds. The van der Waals surface area contributed by atoms with Crippen LogP contribution in [0.4, 0.5) is 5.69 Å². The molecule has 0 aromatic heterocycles. The molecule has 3 rings (SSSR count). The van der Waals surface area contributed by atoms with Crippen molar-refractivity contribution in [1.82, 2.24) is 4.72 Å². The van der Waals surface area contributed by atoms with Crippen molar-refractivity contribution >= 4 is 44.8 Å². The smallest absolute Gasteiger partial charge is 0.242 e. The first-order chi connectivity index (χ1) is 15.1. The highest BCUT2D eigenvalue weighted by Crippen LogP contribution is 2.26. The van der Waals surface area contributed by atoms with Gasteiger partial charge in [-0.05, 0) is 62.1 Å². The van der Waals surface area contributed by atoms with E-state index in [2.05, 4.69) is 10.0 Å². The third kappa shape index (κ3) is 5.90. The number of amides is 1. The Bertz CT molecular complexity index is 1220. The molecule has 0 heterocycles. The lowest BCUT2D eigenvalue weighted by Crippen LogP contribution is -2.45. The Morgan fingerprint density at radius 3 is 2.12 bits per heavy atom. The predicted molar refractivity (Wildman–Crippen MR) is 130 cm³/mol. The molecule has 0 fully saturated rings. The van der Waals surface area contributed by atoms with E-state index < -0.39 is 22.0 Å². The first-order valence-electron chi connectivity index (χ1n) is 9.97. The van der Waals surface area contributed by atoms with Gasteiger partial charge in [0.2, 0.25) is 15.9 Å². The molecule has 5 nitrogen and oxygen atoms in total. The molecule has 3 aromatic carbocycles. The lowest BCUT2D eigenvalue weighted by molar-refractivity contribution is -0.117. The summed E-state index contributed by atoms with van der Waals surface area (Å²) in [5.41, 5.74) is 3.46. The first-order valence-corrected chi connectivity index (χ1v) is 12.2. The van der Waals surface area contributed by atoms with Crippen LogP contribution in [0.25, 0.3) is 0 Å². The van der Waals surface area contributed by atoms with Crippen molar-refractivity contribution in [3.8, 4) is 0 Å². The summed E-state index contributed by atoms with van der Waals surface area (Å²) in [5, 5.41) is 3.38. The zero-order valence-electron chi connectivity index (χ0n) is 17.9. The van der Waals surface area contributed by atoms with Crippen molar-refractivity contribution in [1.29, 1.82) is 0 Å². The molecule has 0 aliphatic heterocycles. The van der Waals surface area contributed by atoms with Crippen molar-refractivity contribution in [3.05, 3.63) is 93.0 Å². The largest absolute Gasteiger partial charge is 0.325 e. The van der Waals surface area contributed by atoms with Gasteiger partial charge in [-0.15, -0.1) is 0 Å². The molecular formula is C24H24Cl2N2O3S. The summed E-state index contributed by atoms with van der Waals surface area (Å²) in [6.45, 7) is 5.40. The van der Waals surface area contributed by atoms with Crippen LogP contribution in [0.5, 0.6) is 0 Å². The third-order valence-corrected chi connectivity index (χ3v) is 7.47. The normalized spacial score (nSPS) is 12.4. The predicted octanol–water partition coefficient (Wildman–Crippen LogP) is 5.45. The minimum Gasteiger partial charge on any atom is -0.325 e. The summed E-state index contributed by atoms with van der Waals surface area (Å²) >= 11 is 12.0. The van der Waals surface area contributed by atoms with E-state index in [1.165, 1.54) is 6.07 Å². The van der Waals surface area contributed by atoms with Crippen LogP contribution in [0.3, 0.4) is 0 Å². The van der Waals surface area contributed by atoms with E-state index >= 15 is 0 Å². The molecule has 2 N–H and O–H groups in total. The lowest BCUT2D eigenvalue weighted by Gasteiger charge is -2.21. The van der Waals surface area contributed by atoms with Gasteiger partial charge in [0.15, 0.2) is 0 Å². The monoisotopic (exact) mass is 490 g/mol. The molecule has 8 heteroatoms. The van der Waals surface area contributed by atoms with Gasteiger partial charge >= 0.3 is 0 Å². The fourth-order valence-electron chi connectivity index (χ4n) is 3.68. The number of halogens is 2. The lowest BCUT2D eigenvalue weighted by atomic mass is 10.1. The number of rotatable bonds is 7. The SMILES string of the molecule is Cc1cc(C)c(S(=O)(=O)NC(Cc2ccccc2)C(=O)Nc2ccc(Cl)c(Cl)c2)c(C)c1. The standard InChI is InChI=1S/C24H24Cl2N2O3S/c1-15-11-16(2)23(17(3)12-15)32(30,31)28-22(13-18-7-5-4-6-8-18)24(29)27-19-9-10-20(25)21(26)14-19/h4-12,14,22,28H,13H2,1-3H3,(H,27,29). The van der Waals surface area contributed by atoms with Gasteiger partial charge < -0.3 is 5.32 Å². The summed E-state index contributed by atoms with van der Waals surface area (Å²) in [5.74, 6) is -0.502. The van der Waals surface area contributed by atoms with E-state index in [4.69, 9.17) is 23.2 Å². The summed E-state index contributed by atoms with van der Waals surface area (Å²) < 4.78 is 29.2. The third-order valence-electron chi connectivity index (χ3n) is 4.96. The number of anilines is 1. The van der Waals surface area contributed by atoms with Gasteiger partial charge in [0.25, 0.3) is 0 Å². The fraction of sp³-hybridized carbons (Fsp3) is 0.208. The second kappa shape index (κ2) is 10.0. The molecule has 0 radical (unpaired) electrons. The number of carbonyl (C=O) groups is 1. The van der Waals surface area contributed by atoms with Crippen molar-refractivity contribution in [2.24, 2.45) is 0 Å². The van der Waals surface area contributed by atoms with E-state index in [1.807, 2.05) is 49.4 Å². The number of benzene rings is 3. The molecule has 1 unspecified atom stereocenters. The van der Waals surface area contributed by atoms with E-state index in [0.29, 0.717) is 21.8 Å². The zero-order valence-corrected chi connectivity index (χ0v) is 20.3. The second-order valence-corrected chi connectivity index (χ2v) is 10.2. The van der Waals surface area contributed by atoms with Crippen LogP contribution in [-0.2, 0) is 21.2 Å². The Labute approximate surface area is 198 Å². The van der Waals surface area contributed by atoms with E-state index in [9.17, 15) is 13.2 Å². The zero-order chi connectivity index (χ0) is 23.5. The van der Waals surface area contributed by atoms with Crippen LogP contribution in [-0.4, -0.2) is 20.4 Å². The average Bonchev–Trinajstić information content (AvgIpc) is 2.70. The number of sulfonamides is 1. The molecule has 168 valence electrons. The van der Waals surface area contributed by atoms with Crippen LogP contribution in [0, 0.1) is 20.8 Å². The van der Waals surface area contributed by atoms with Crippen LogP contribution >= 0.6 is 23.2 Å². The Kier molecular flexibility index (Phi) is 7.62. The topological polar surface area (TPSA) is 75.3 Å². The molecule has 0 saturated carbocycles. The first kappa shape index (κ1) is 24.3. The van der Waals surface area contributed by atoms with Gasteiger partial charge in [-0.3, -0.25) is 4.79 Å². The van der Waals surface area contributed by atoms with Gasteiger partial charge in [0.05, 0.1) is 14.9 Å². The second-order valence-electron chi connectivity index (χ2n) is 7.71. The van der Waals surface area contributed by atoms with E-state index in [0.717, 1.165) is 11.1 Å². The Morgan fingerprint density at radius 2 is 1.53 bits per heavy atom. The van der Waals surface area contributed by atoms with E-state index in [1.54, 1.807) is 26.0 Å². The number of hydrogen-bond donors (Lipinski definition) is 2. The molecule has 0 aliphatic carbocycles. The highest BCUT2D eigenvalue weighted by atomic mass is 35.5. The number of hydrogen-bond acceptors (Lipinski definition) is 3. The summed E-state index contributed by atoms with van der Waals surface area (Å²) in [4.78, 5) is 13.3. The Hall–Kier alpha value is -2.38. The van der Waals surface area contributed by atoms with Crippen LogP contribution in [0.1, 0.15) is 22.3 Å². The maximum Gasteiger partial charge on any atom is 0.242 e. The molecule has 0 saturated heterocycles. The summed E-state index contributed by atoms with van der Waals surface area (Å²) in [7, 11) is -3.97. The Morgan fingerprint density at radius 1 is 0.906 bits per heavy atom. The number of carbonyl (C=O) groups excluding carboxylic acids is 1. The van der Waals surface area contributed by atoms with Crippen molar-refractivity contribution in [2.45, 2.75) is 38.1 Å². The average molecular weight is 491 g/mol. The highest BCUT2D eigenvalue weighted by molar-refractivity contribution is 7.89. The summed E-state index contributed by atoms with van der Waals surface area (Å²) in [6, 6.07) is 16.5. The summed E-state index contributed by atoms with van der Waals surface area (Å²) in [6.07, 6.45) is 0.178. The fourth-order valence-corrected chi connectivity index (χ4v) is 5.62. The number of nitrogens with one attached hydrogen (secondary N) is 2. The molecule has 32 heavy (non-hydrogen) atoms. The van der Waals surface area contributed by atoms with Gasteiger partial charge in [-0.2, -0.15) is 4.72 Å². The van der Waals surface area contributed by atoms with E-state index in [-0.39, 0.29) is 16.3 Å². The minimum absolute atomic E-state index is 0.178. The van der Waals surface area contributed by atoms with Gasteiger partial charge in [-0.25, -0.2) is 8.42 Å². The van der Waals surface area contributed by atoms with Crippen LogP contribution < -0.4 is 10.0 Å². The minimum atomic E-state index is -3.97. The molecule has 0 aliphatic rings. The van der Waals surface area contributed by atoms with Crippen molar-refractivity contribution in [2.75, 3.05) is 5.32 Å². The maximum absolute atomic E-state index is 13.3. The molecule has 0 spiro atoms. The molecule has 3 aromatic rings. The van der Waals surface area contributed by atoms with Crippen molar-refractivity contribution < 1.29 is 13.2 Å². The molecule has 0 bridgehead atoms. The molecular weight excluding hydrogens is 467 g/mol. The Balaban J connectivity index is 1.93. The quantitative estimate of drug-likeness (QED) is 0.462. The van der Waals surface area contributed by atoms with Crippen LogP contribution in [0.2, 0.25) is 10.0 Å². The van der Waals surface area contributed by atoms with Crippen molar-refractivity contribution in [3.63, 3.8) is 0 Å². The molecule has 1 atom stereocenters. The maximum atomic E-state index is 13.3. The van der Waals surface area contributed by atoms with Crippen LogP contribution in [0.15, 0.2) is 65.6 Å². The highest BCUT2D eigenvalue weighted by Gasteiger charge is 2.28. The van der Waals surface area contributed by atoms with Gasteiger partial charge in [0.1, 0.15) is 6.04 Å². The number of aryl methyl sites for hydroxylation is 3.